The first kappa shape index (κ1) is 18.8. The second kappa shape index (κ2) is 9.66. The van der Waals surface area contributed by atoms with Crippen molar-refractivity contribution in [3.05, 3.63) is 36.5 Å². The Morgan fingerprint density at radius 3 is 1.83 bits per heavy atom. The molecule has 1 nitrogen and oxygen atoms in total. The molecule has 0 radical (unpaired) electrons. The van der Waals surface area contributed by atoms with Gasteiger partial charge < -0.3 is 0 Å². The van der Waals surface area contributed by atoms with Crippen LogP contribution in [-0.2, 0) is 0 Å². The van der Waals surface area contributed by atoms with Crippen LogP contribution >= 0.6 is 0 Å². The summed E-state index contributed by atoms with van der Waals surface area (Å²) in [6, 6.07) is 11.2. The predicted molar refractivity (Wildman–Crippen MR) is 106 cm³/mol. The van der Waals surface area contributed by atoms with Crippen molar-refractivity contribution in [3.63, 3.8) is 0 Å². The van der Waals surface area contributed by atoms with Gasteiger partial charge in [0.25, 0.3) is 0 Å². The fourth-order valence-electron chi connectivity index (χ4n) is 3.68. The number of fused-ring (bicyclic) bond motifs is 1. The summed E-state index contributed by atoms with van der Waals surface area (Å²) in [5.41, 5.74) is 0. The van der Waals surface area contributed by atoms with Gasteiger partial charge in [-0.1, -0.05) is 0 Å². The molecule has 0 aliphatic heterocycles. The number of nitrogens with zero attached hydrogens (tertiary/aromatic N) is 1. The van der Waals surface area contributed by atoms with Gasteiger partial charge in [-0.15, -0.1) is 0 Å². The summed E-state index contributed by atoms with van der Waals surface area (Å²) in [6.45, 7) is 7.01. The van der Waals surface area contributed by atoms with Crippen LogP contribution in [0.1, 0.15) is 59.3 Å². The molecule has 0 saturated heterocycles. The number of pyridine rings is 1. The average Bonchev–Trinajstić information content (AvgIpc) is 2.61. The summed E-state index contributed by atoms with van der Waals surface area (Å²) < 4.78 is 6.04. The van der Waals surface area contributed by atoms with Gasteiger partial charge in [0.1, 0.15) is 0 Å². The molecular formula is C21H33NSn. The minimum absolute atomic E-state index is 1.29. The summed E-state index contributed by atoms with van der Waals surface area (Å²) in [7, 11) is 0. The third-order valence-corrected chi connectivity index (χ3v) is 20.3. The molecule has 1 heterocycles. The van der Waals surface area contributed by atoms with Gasteiger partial charge in [-0.05, 0) is 0 Å². The molecule has 2 heteroatoms. The van der Waals surface area contributed by atoms with Crippen LogP contribution < -0.4 is 3.71 Å². The predicted octanol–water partition coefficient (Wildman–Crippen LogP) is 6.29. The Morgan fingerprint density at radius 2 is 1.30 bits per heavy atom. The molecule has 126 valence electrons. The van der Waals surface area contributed by atoms with Crippen LogP contribution in [0.3, 0.4) is 0 Å². The fourth-order valence-corrected chi connectivity index (χ4v) is 19.1. The zero-order valence-electron chi connectivity index (χ0n) is 15.3. The van der Waals surface area contributed by atoms with Gasteiger partial charge in [-0.2, -0.15) is 0 Å². The zero-order chi connectivity index (χ0) is 16.5. The van der Waals surface area contributed by atoms with Crippen molar-refractivity contribution in [2.75, 3.05) is 0 Å². The van der Waals surface area contributed by atoms with Crippen LogP contribution in [0.5, 0.6) is 0 Å². The Kier molecular flexibility index (Phi) is 7.88. The number of hydrogen-bond donors (Lipinski definition) is 0. The molecule has 23 heavy (non-hydrogen) atoms. The number of benzene rings is 1. The standard InChI is InChI=1S/C9H6N.3C4H9.Sn/c1-2-4-9-7-10-6-5-8(9)3-1;3*1-3-4-2;/h1-5,7H;3*1,3-4H2,2H3;. The SMILES string of the molecule is CCC[CH2][Sn]([CH2]CCC)([CH2]CCC)[c]1cc2ccccc2cn1. The maximum absolute atomic E-state index is 5.03. The molecule has 0 aliphatic carbocycles. The van der Waals surface area contributed by atoms with Crippen molar-refractivity contribution in [1.82, 2.24) is 4.98 Å². The molecule has 2 rings (SSSR count). The van der Waals surface area contributed by atoms with Crippen molar-refractivity contribution in [1.29, 1.82) is 0 Å². The molecule has 0 bridgehead atoms. The van der Waals surface area contributed by atoms with Gasteiger partial charge in [-0.3, -0.25) is 0 Å². The molecule has 1 aromatic heterocycles. The third kappa shape index (κ3) is 4.95. The number of hydrogen-bond acceptors (Lipinski definition) is 1. The third-order valence-electron chi connectivity index (χ3n) is 5.20. The van der Waals surface area contributed by atoms with E-state index in [0.29, 0.717) is 0 Å². The van der Waals surface area contributed by atoms with Gasteiger partial charge >= 0.3 is 147 Å². The second-order valence-corrected chi connectivity index (χ2v) is 20.1. The maximum atomic E-state index is 5.03. The van der Waals surface area contributed by atoms with Gasteiger partial charge in [0.15, 0.2) is 0 Å². The summed E-state index contributed by atoms with van der Waals surface area (Å²) in [4.78, 5) is 5.03. The van der Waals surface area contributed by atoms with Gasteiger partial charge in [-0.25, -0.2) is 0 Å². The van der Waals surface area contributed by atoms with Crippen LogP contribution in [-0.4, -0.2) is 23.4 Å². The van der Waals surface area contributed by atoms with E-state index in [9.17, 15) is 0 Å². The zero-order valence-corrected chi connectivity index (χ0v) is 18.1. The minimum atomic E-state index is -2.36. The molecule has 1 aromatic carbocycles. The van der Waals surface area contributed by atoms with E-state index in [4.69, 9.17) is 4.98 Å². The van der Waals surface area contributed by atoms with Gasteiger partial charge in [0.2, 0.25) is 0 Å². The first-order valence-electron chi connectivity index (χ1n) is 9.61. The first-order valence-corrected chi connectivity index (χ1v) is 17.1. The van der Waals surface area contributed by atoms with E-state index in [-0.39, 0.29) is 0 Å². The summed E-state index contributed by atoms with van der Waals surface area (Å²) in [5, 5.41) is 2.68. The molecule has 0 unspecified atom stereocenters. The van der Waals surface area contributed by atoms with Crippen molar-refractivity contribution >= 4 is 32.9 Å². The van der Waals surface area contributed by atoms with Crippen LogP contribution in [0.2, 0.25) is 13.3 Å². The summed E-state index contributed by atoms with van der Waals surface area (Å²) in [6.07, 6.45) is 10.3. The van der Waals surface area contributed by atoms with E-state index in [2.05, 4.69) is 57.3 Å². The van der Waals surface area contributed by atoms with Crippen LogP contribution in [0.25, 0.3) is 10.8 Å². The number of unbranched alkanes of at least 4 members (excludes halogenated alkanes) is 3. The van der Waals surface area contributed by atoms with Crippen molar-refractivity contribution in [3.8, 4) is 0 Å². The van der Waals surface area contributed by atoms with E-state index in [0.717, 1.165) is 0 Å². The Labute approximate surface area is 146 Å². The topological polar surface area (TPSA) is 12.9 Å². The Morgan fingerprint density at radius 1 is 0.783 bits per heavy atom. The van der Waals surface area contributed by atoms with E-state index in [1.165, 1.54) is 62.6 Å². The van der Waals surface area contributed by atoms with E-state index < -0.39 is 18.4 Å². The Bertz CT molecular complexity index is 571. The first-order chi connectivity index (χ1) is 11.3. The Hall–Kier alpha value is -0.571. The van der Waals surface area contributed by atoms with Crippen molar-refractivity contribution in [2.24, 2.45) is 0 Å². The van der Waals surface area contributed by atoms with Gasteiger partial charge in [0, 0.05) is 0 Å². The van der Waals surface area contributed by atoms with Gasteiger partial charge in [0.05, 0.1) is 0 Å². The summed E-state index contributed by atoms with van der Waals surface area (Å²) >= 11 is -2.36. The molecule has 0 fully saturated rings. The molecule has 0 atom stereocenters. The fraction of sp³-hybridized carbons (Fsp3) is 0.571. The Balaban J connectivity index is 2.41. The number of aromatic nitrogens is 1. The number of rotatable bonds is 10. The molecule has 0 amide bonds. The summed E-state index contributed by atoms with van der Waals surface area (Å²) in [5.74, 6) is 0. The quantitative estimate of drug-likeness (QED) is 0.414. The average molecular weight is 418 g/mol. The molecule has 0 aliphatic rings. The molecular weight excluding hydrogens is 385 g/mol. The van der Waals surface area contributed by atoms with Crippen LogP contribution in [0, 0.1) is 0 Å². The molecule has 0 N–H and O–H groups in total. The molecule has 0 saturated carbocycles. The second-order valence-electron chi connectivity index (χ2n) is 7.01. The van der Waals surface area contributed by atoms with Crippen LogP contribution in [0.15, 0.2) is 36.5 Å². The monoisotopic (exact) mass is 419 g/mol. The van der Waals surface area contributed by atoms with Crippen LogP contribution in [0.4, 0.5) is 0 Å². The van der Waals surface area contributed by atoms with Crippen molar-refractivity contribution < 1.29 is 0 Å². The van der Waals surface area contributed by atoms with E-state index in [1.54, 1.807) is 3.71 Å². The van der Waals surface area contributed by atoms with E-state index >= 15 is 0 Å². The molecule has 2 aromatic rings. The van der Waals surface area contributed by atoms with E-state index in [1.807, 2.05) is 0 Å². The molecule has 0 spiro atoms. The van der Waals surface area contributed by atoms with Crippen molar-refractivity contribution in [2.45, 2.75) is 72.6 Å². The normalized spacial score (nSPS) is 12.0.